The van der Waals surface area contributed by atoms with E-state index in [2.05, 4.69) is 6.58 Å². The summed E-state index contributed by atoms with van der Waals surface area (Å²) in [5.41, 5.74) is 0. The van der Waals surface area contributed by atoms with Gasteiger partial charge in [0.25, 0.3) is 10.1 Å². The molecule has 0 aromatic carbocycles. The van der Waals surface area contributed by atoms with Crippen molar-refractivity contribution < 1.29 is 22.9 Å². The Bertz CT molecular complexity index is 268. The van der Waals surface area contributed by atoms with Crippen molar-refractivity contribution in [1.29, 1.82) is 0 Å². The zero-order valence-corrected chi connectivity index (χ0v) is 9.66. The standard InChI is InChI=1S/C5H8O2.C4H10O3S/c1-2-3-4-5(6)7;1-2-3-4-8(5,6)7/h2H,1,3-4H2,(H,6,7);2-4H2,1H3,(H,5,6,7). The van der Waals surface area contributed by atoms with Gasteiger partial charge in [0.1, 0.15) is 0 Å². The summed E-state index contributed by atoms with van der Waals surface area (Å²) in [7, 11) is -3.69. The van der Waals surface area contributed by atoms with E-state index in [-0.39, 0.29) is 12.2 Å². The molecule has 0 saturated carbocycles. The van der Waals surface area contributed by atoms with Crippen LogP contribution in [-0.4, -0.2) is 29.8 Å². The lowest BCUT2D eigenvalue weighted by molar-refractivity contribution is -0.136. The predicted octanol–water partition coefficient (Wildman–Crippen LogP) is 1.71. The van der Waals surface area contributed by atoms with Crippen molar-refractivity contribution in [2.45, 2.75) is 32.6 Å². The molecule has 0 aliphatic rings. The van der Waals surface area contributed by atoms with E-state index >= 15 is 0 Å². The van der Waals surface area contributed by atoms with Crippen molar-refractivity contribution in [3.63, 3.8) is 0 Å². The smallest absolute Gasteiger partial charge is 0.303 e. The second-order valence-electron chi connectivity index (χ2n) is 2.86. The lowest BCUT2D eigenvalue weighted by Crippen LogP contribution is -2.02. The maximum absolute atomic E-state index is 9.95. The van der Waals surface area contributed by atoms with Crippen LogP contribution in [0.4, 0.5) is 0 Å². The zero-order chi connectivity index (χ0) is 12.3. The fourth-order valence-corrected chi connectivity index (χ4v) is 1.21. The maximum atomic E-state index is 9.95. The van der Waals surface area contributed by atoms with Crippen molar-refractivity contribution >= 4 is 16.1 Å². The zero-order valence-electron chi connectivity index (χ0n) is 8.85. The normalized spacial score (nSPS) is 10.0. The topological polar surface area (TPSA) is 91.7 Å². The number of hydrogen-bond donors (Lipinski definition) is 2. The van der Waals surface area contributed by atoms with E-state index in [0.717, 1.165) is 6.42 Å². The Balaban J connectivity index is 0. The van der Waals surface area contributed by atoms with Crippen molar-refractivity contribution in [2.24, 2.45) is 0 Å². The molecule has 90 valence electrons. The van der Waals surface area contributed by atoms with E-state index in [1.807, 2.05) is 6.92 Å². The Kier molecular flexibility index (Phi) is 10.7. The molecule has 0 saturated heterocycles. The number of rotatable bonds is 6. The summed E-state index contributed by atoms with van der Waals surface area (Å²) in [5, 5.41) is 8.00. The molecule has 0 spiro atoms. The third-order valence-electron chi connectivity index (χ3n) is 1.32. The largest absolute Gasteiger partial charge is 0.481 e. The van der Waals surface area contributed by atoms with Crippen LogP contribution in [0.2, 0.25) is 0 Å². The second kappa shape index (κ2) is 9.67. The molecule has 2 N–H and O–H groups in total. The molecule has 0 atom stereocenters. The summed E-state index contributed by atoms with van der Waals surface area (Å²) in [5.74, 6) is -0.872. The van der Waals surface area contributed by atoms with E-state index in [0.29, 0.717) is 12.8 Å². The Labute approximate surface area is 90.6 Å². The third kappa shape index (κ3) is 24.6. The predicted molar refractivity (Wildman–Crippen MR) is 58.4 cm³/mol. The Morgan fingerprint density at radius 1 is 1.47 bits per heavy atom. The van der Waals surface area contributed by atoms with E-state index in [9.17, 15) is 13.2 Å². The highest BCUT2D eigenvalue weighted by atomic mass is 32.2. The molecular formula is C9H18O5S. The van der Waals surface area contributed by atoms with Crippen molar-refractivity contribution in [3.8, 4) is 0 Å². The molecule has 0 radical (unpaired) electrons. The minimum Gasteiger partial charge on any atom is -0.481 e. The molecule has 15 heavy (non-hydrogen) atoms. The van der Waals surface area contributed by atoms with Crippen molar-refractivity contribution in [3.05, 3.63) is 12.7 Å². The van der Waals surface area contributed by atoms with E-state index in [1.54, 1.807) is 6.08 Å². The van der Waals surface area contributed by atoms with Gasteiger partial charge < -0.3 is 5.11 Å². The first-order chi connectivity index (χ1) is 6.83. The molecule has 0 amide bonds. The Morgan fingerprint density at radius 2 is 2.00 bits per heavy atom. The molecule has 6 heteroatoms. The number of carboxylic acids is 1. The summed E-state index contributed by atoms with van der Waals surface area (Å²) >= 11 is 0. The quantitative estimate of drug-likeness (QED) is 0.543. The highest BCUT2D eigenvalue weighted by Crippen LogP contribution is 1.90. The van der Waals surface area contributed by atoms with E-state index in [1.165, 1.54) is 0 Å². The fourth-order valence-electron chi connectivity index (χ4n) is 0.552. The van der Waals surface area contributed by atoms with Gasteiger partial charge in [-0.05, 0) is 12.8 Å². The number of carboxylic acid groups (broad SMARTS) is 1. The van der Waals surface area contributed by atoms with Crippen LogP contribution in [0.3, 0.4) is 0 Å². The van der Waals surface area contributed by atoms with Gasteiger partial charge in [0.2, 0.25) is 0 Å². The highest BCUT2D eigenvalue weighted by molar-refractivity contribution is 7.85. The van der Waals surface area contributed by atoms with Crippen LogP contribution in [-0.2, 0) is 14.9 Å². The molecule has 0 aromatic heterocycles. The average molecular weight is 238 g/mol. The van der Waals surface area contributed by atoms with Crippen LogP contribution in [0.1, 0.15) is 32.6 Å². The molecule has 0 aliphatic carbocycles. The minimum absolute atomic E-state index is 0.108. The van der Waals surface area contributed by atoms with Gasteiger partial charge in [0.15, 0.2) is 0 Å². The van der Waals surface area contributed by atoms with Crippen LogP contribution >= 0.6 is 0 Å². The second-order valence-corrected chi connectivity index (χ2v) is 4.43. The Morgan fingerprint density at radius 3 is 2.13 bits per heavy atom. The minimum atomic E-state index is -3.69. The molecule has 0 fully saturated rings. The van der Waals surface area contributed by atoms with E-state index in [4.69, 9.17) is 9.66 Å². The fraction of sp³-hybridized carbons (Fsp3) is 0.667. The van der Waals surface area contributed by atoms with Crippen molar-refractivity contribution in [1.82, 2.24) is 0 Å². The van der Waals surface area contributed by atoms with Crippen LogP contribution < -0.4 is 0 Å². The average Bonchev–Trinajstić information content (AvgIpc) is 2.11. The summed E-state index contributed by atoms with van der Waals surface area (Å²) in [6, 6.07) is 0. The van der Waals surface area contributed by atoms with E-state index < -0.39 is 16.1 Å². The summed E-state index contributed by atoms with van der Waals surface area (Å²) in [4.78, 5) is 9.71. The molecule has 5 nitrogen and oxygen atoms in total. The van der Waals surface area contributed by atoms with Crippen molar-refractivity contribution in [2.75, 3.05) is 5.75 Å². The number of carbonyl (C=O) groups is 1. The highest BCUT2D eigenvalue weighted by Gasteiger charge is 2.00. The first-order valence-electron chi connectivity index (χ1n) is 4.61. The summed E-state index contributed by atoms with van der Waals surface area (Å²) in [6.45, 7) is 5.24. The monoisotopic (exact) mass is 238 g/mol. The van der Waals surface area contributed by atoms with Gasteiger partial charge in [-0.2, -0.15) is 8.42 Å². The van der Waals surface area contributed by atoms with Gasteiger partial charge in [-0.15, -0.1) is 6.58 Å². The molecule has 0 unspecified atom stereocenters. The van der Waals surface area contributed by atoms with Gasteiger partial charge >= 0.3 is 5.97 Å². The SMILES string of the molecule is C=CCCC(=O)O.CCCCS(=O)(=O)O. The molecule has 0 aromatic rings. The van der Waals surface area contributed by atoms with Gasteiger partial charge in [0.05, 0.1) is 5.75 Å². The number of hydrogen-bond acceptors (Lipinski definition) is 3. The number of aliphatic carboxylic acids is 1. The van der Waals surface area contributed by atoms with Gasteiger partial charge in [0, 0.05) is 6.42 Å². The molecule has 0 heterocycles. The van der Waals surface area contributed by atoms with Gasteiger partial charge in [-0.3, -0.25) is 9.35 Å². The van der Waals surface area contributed by atoms with Crippen LogP contribution in [0.25, 0.3) is 0 Å². The number of unbranched alkanes of at least 4 members (excludes halogenated alkanes) is 1. The number of allylic oxidation sites excluding steroid dienone is 1. The third-order valence-corrected chi connectivity index (χ3v) is 2.12. The van der Waals surface area contributed by atoms with Crippen LogP contribution in [0.5, 0.6) is 0 Å². The summed E-state index contributed by atoms with van der Waals surface area (Å²) < 4.78 is 28.0. The Hall–Kier alpha value is -0.880. The van der Waals surface area contributed by atoms with Crippen LogP contribution in [0, 0.1) is 0 Å². The maximum Gasteiger partial charge on any atom is 0.303 e. The lowest BCUT2D eigenvalue weighted by Gasteiger charge is -1.90. The first-order valence-corrected chi connectivity index (χ1v) is 6.22. The van der Waals surface area contributed by atoms with Gasteiger partial charge in [-0.1, -0.05) is 19.4 Å². The summed E-state index contributed by atoms with van der Waals surface area (Å²) in [6.07, 6.45) is 3.69. The molecule has 0 rings (SSSR count). The first kappa shape index (κ1) is 16.5. The lowest BCUT2D eigenvalue weighted by atomic mass is 10.3. The molecule has 0 aliphatic heterocycles. The van der Waals surface area contributed by atoms with Crippen LogP contribution in [0.15, 0.2) is 12.7 Å². The van der Waals surface area contributed by atoms with Gasteiger partial charge in [-0.25, -0.2) is 0 Å². The molecule has 0 bridgehead atoms. The molecular weight excluding hydrogens is 220 g/mol.